The van der Waals surface area contributed by atoms with Gasteiger partial charge in [0.05, 0.1) is 18.8 Å². The van der Waals surface area contributed by atoms with Crippen molar-refractivity contribution in [3.63, 3.8) is 0 Å². The van der Waals surface area contributed by atoms with E-state index in [-0.39, 0.29) is 17.1 Å². The molecule has 0 spiro atoms. The molecule has 0 amide bonds. The van der Waals surface area contributed by atoms with Crippen molar-refractivity contribution in [1.82, 2.24) is 0 Å². The van der Waals surface area contributed by atoms with E-state index in [0.29, 0.717) is 0 Å². The molecule has 3 atom stereocenters. The molecule has 3 unspecified atom stereocenters. The summed E-state index contributed by atoms with van der Waals surface area (Å²) in [5, 5.41) is 0. The summed E-state index contributed by atoms with van der Waals surface area (Å²) in [4.78, 5) is 0. The summed E-state index contributed by atoms with van der Waals surface area (Å²) >= 11 is 5.92. The highest BCUT2D eigenvalue weighted by Gasteiger charge is 2.57. The third-order valence-corrected chi connectivity index (χ3v) is 3.22. The van der Waals surface area contributed by atoms with Crippen LogP contribution in [-0.4, -0.2) is 18.3 Å². The first-order valence-electron chi connectivity index (χ1n) is 4.72. The molecular weight excluding hydrogens is 200 g/mol. The molecule has 14 heavy (non-hydrogen) atoms. The maximum absolute atomic E-state index is 5.92. The normalized spacial score (nSPS) is 33.0. The van der Waals surface area contributed by atoms with Gasteiger partial charge in [-0.2, -0.15) is 0 Å². The van der Waals surface area contributed by atoms with Gasteiger partial charge in [0.1, 0.15) is 5.60 Å². The molecule has 1 fully saturated rings. The Kier molecular flexibility index (Phi) is 3.62. The van der Waals surface area contributed by atoms with E-state index in [9.17, 15) is 0 Å². The average Bonchev–Trinajstić information content (AvgIpc) is 2.75. The van der Waals surface area contributed by atoms with Gasteiger partial charge >= 0.3 is 0 Å². The standard InChI is InChI=1S/C11H17ClO2/c1-5-6-7-9(8(2)13-4)11(3)10(12)14-11/h5-6,9-10H,2,7H2,1,3-4H3/b6-5+. The zero-order chi connectivity index (χ0) is 10.8. The van der Waals surface area contributed by atoms with E-state index in [2.05, 4.69) is 12.7 Å². The Morgan fingerprint density at radius 2 is 2.36 bits per heavy atom. The van der Waals surface area contributed by atoms with Crippen LogP contribution in [0.1, 0.15) is 20.3 Å². The minimum absolute atomic E-state index is 0.131. The second-order valence-corrected chi connectivity index (χ2v) is 4.04. The minimum Gasteiger partial charge on any atom is -0.501 e. The lowest BCUT2D eigenvalue weighted by molar-refractivity contribution is 0.175. The Morgan fingerprint density at radius 3 is 2.71 bits per heavy atom. The lowest BCUT2D eigenvalue weighted by Crippen LogP contribution is -2.24. The molecule has 1 saturated heterocycles. The van der Waals surface area contributed by atoms with Crippen LogP contribution in [0.5, 0.6) is 0 Å². The molecule has 0 bridgehead atoms. The number of hydrogen-bond donors (Lipinski definition) is 0. The Morgan fingerprint density at radius 1 is 1.79 bits per heavy atom. The van der Waals surface area contributed by atoms with E-state index >= 15 is 0 Å². The number of halogens is 1. The Labute approximate surface area is 90.5 Å². The van der Waals surface area contributed by atoms with E-state index in [1.165, 1.54) is 0 Å². The summed E-state index contributed by atoms with van der Waals surface area (Å²) < 4.78 is 10.5. The molecule has 1 aliphatic rings. The van der Waals surface area contributed by atoms with Crippen molar-refractivity contribution in [2.24, 2.45) is 5.92 Å². The third kappa shape index (κ3) is 2.12. The number of ether oxygens (including phenoxy) is 2. The highest BCUT2D eigenvalue weighted by atomic mass is 35.5. The maximum Gasteiger partial charge on any atom is 0.161 e. The average molecular weight is 217 g/mol. The summed E-state index contributed by atoms with van der Waals surface area (Å²) in [7, 11) is 1.62. The zero-order valence-electron chi connectivity index (χ0n) is 8.92. The largest absolute Gasteiger partial charge is 0.501 e. The van der Waals surface area contributed by atoms with Gasteiger partial charge in [-0.15, -0.1) is 0 Å². The summed E-state index contributed by atoms with van der Waals surface area (Å²) in [6, 6.07) is 0. The Balaban J connectivity index is 2.67. The van der Waals surface area contributed by atoms with Gasteiger partial charge in [0.15, 0.2) is 5.56 Å². The molecular formula is C11H17ClO2. The molecule has 80 valence electrons. The molecule has 0 aromatic heterocycles. The zero-order valence-corrected chi connectivity index (χ0v) is 9.67. The molecule has 0 saturated carbocycles. The summed E-state index contributed by atoms with van der Waals surface area (Å²) in [6.45, 7) is 7.85. The van der Waals surface area contributed by atoms with Crippen molar-refractivity contribution in [3.05, 3.63) is 24.5 Å². The predicted octanol–water partition coefficient (Wildman–Crippen LogP) is 3.08. The molecule has 0 radical (unpaired) electrons. The molecule has 0 aromatic carbocycles. The van der Waals surface area contributed by atoms with Crippen LogP contribution < -0.4 is 0 Å². The number of alkyl halides is 1. The van der Waals surface area contributed by atoms with Gasteiger partial charge < -0.3 is 9.47 Å². The monoisotopic (exact) mass is 216 g/mol. The fourth-order valence-electron chi connectivity index (χ4n) is 1.53. The summed E-state index contributed by atoms with van der Waals surface area (Å²) in [6.07, 6.45) is 4.93. The van der Waals surface area contributed by atoms with Crippen molar-refractivity contribution in [3.8, 4) is 0 Å². The van der Waals surface area contributed by atoms with E-state index in [4.69, 9.17) is 21.1 Å². The lowest BCUT2D eigenvalue weighted by atomic mass is 9.89. The summed E-state index contributed by atoms with van der Waals surface area (Å²) in [5.41, 5.74) is -0.529. The van der Waals surface area contributed by atoms with Gasteiger partial charge in [0.25, 0.3) is 0 Å². The van der Waals surface area contributed by atoms with Gasteiger partial charge in [-0.1, -0.05) is 30.3 Å². The van der Waals surface area contributed by atoms with Crippen molar-refractivity contribution < 1.29 is 9.47 Å². The number of methoxy groups -OCH3 is 1. The third-order valence-electron chi connectivity index (χ3n) is 2.70. The minimum atomic E-state index is -0.311. The molecule has 1 rings (SSSR count). The quantitative estimate of drug-likeness (QED) is 0.305. The van der Waals surface area contributed by atoms with Crippen LogP contribution >= 0.6 is 11.6 Å². The highest BCUT2D eigenvalue weighted by molar-refractivity contribution is 6.22. The van der Waals surface area contributed by atoms with Gasteiger partial charge in [0.2, 0.25) is 0 Å². The smallest absolute Gasteiger partial charge is 0.161 e. The number of allylic oxidation sites excluding steroid dienone is 2. The fourth-order valence-corrected chi connectivity index (χ4v) is 1.87. The van der Waals surface area contributed by atoms with Crippen LogP contribution in [0, 0.1) is 5.92 Å². The Bertz CT molecular complexity index is 250. The first-order chi connectivity index (χ1) is 6.56. The highest BCUT2D eigenvalue weighted by Crippen LogP contribution is 2.49. The van der Waals surface area contributed by atoms with Crippen LogP contribution in [0.3, 0.4) is 0 Å². The molecule has 1 aliphatic heterocycles. The van der Waals surface area contributed by atoms with Crippen molar-refractivity contribution in [2.75, 3.05) is 7.11 Å². The molecule has 0 aromatic rings. The van der Waals surface area contributed by atoms with E-state index in [1.54, 1.807) is 7.11 Å². The number of hydrogen-bond acceptors (Lipinski definition) is 2. The number of rotatable bonds is 5. The molecule has 0 aliphatic carbocycles. The maximum atomic E-state index is 5.92. The number of epoxide rings is 1. The van der Waals surface area contributed by atoms with E-state index < -0.39 is 0 Å². The van der Waals surface area contributed by atoms with Gasteiger partial charge in [-0.25, -0.2) is 0 Å². The van der Waals surface area contributed by atoms with E-state index in [0.717, 1.165) is 12.2 Å². The van der Waals surface area contributed by atoms with Crippen LogP contribution in [0.25, 0.3) is 0 Å². The first kappa shape index (κ1) is 11.6. The van der Waals surface area contributed by atoms with Crippen LogP contribution in [0.4, 0.5) is 0 Å². The Hall–Kier alpha value is -0.470. The van der Waals surface area contributed by atoms with Crippen LogP contribution in [-0.2, 0) is 9.47 Å². The van der Waals surface area contributed by atoms with Gasteiger partial charge in [-0.05, 0) is 20.3 Å². The summed E-state index contributed by atoms with van der Waals surface area (Å²) in [5.74, 6) is 0.861. The second kappa shape index (κ2) is 4.37. The lowest BCUT2D eigenvalue weighted by Gasteiger charge is -2.20. The SMILES string of the molecule is C=C(OC)C(C/C=C/C)C1(C)OC1Cl. The van der Waals surface area contributed by atoms with Crippen molar-refractivity contribution >= 4 is 11.6 Å². The second-order valence-electron chi connectivity index (χ2n) is 3.65. The first-order valence-corrected chi connectivity index (χ1v) is 5.15. The van der Waals surface area contributed by atoms with Gasteiger partial charge in [-0.3, -0.25) is 0 Å². The van der Waals surface area contributed by atoms with E-state index in [1.807, 2.05) is 19.9 Å². The topological polar surface area (TPSA) is 21.8 Å². The van der Waals surface area contributed by atoms with Crippen molar-refractivity contribution in [1.29, 1.82) is 0 Å². The van der Waals surface area contributed by atoms with Gasteiger partial charge in [0, 0.05) is 0 Å². The molecule has 2 nitrogen and oxygen atoms in total. The molecule has 3 heteroatoms. The van der Waals surface area contributed by atoms with Crippen LogP contribution in [0.15, 0.2) is 24.5 Å². The van der Waals surface area contributed by atoms with Crippen LogP contribution in [0.2, 0.25) is 0 Å². The molecule has 1 heterocycles. The fraction of sp³-hybridized carbons (Fsp3) is 0.636. The van der Waals surface area contributed by atoms with Crippen molar-refractivity contribution in [2.45, 2.75) is 31.4 Å². The molecule has 0 N–H and O–H groups in total. The predicted molar refractivity (Wildman–Crippen MR) is 58.2 cm³/mol.